The van der Waals surface area contributed by atoms with Gasteiger partial charge in [0.05, 0.1) is 30.0 Å². The average Bonchev–Trinajstić information content (AvgIpc) is 3.13. The Balaban J connectivity index is 1.23. The second-order valence-corrected chi connectivity index (χ2v) is 12.8. The van der Waals surface area contributed by atoms with Gasteiger partial charge in [0.1, 0.15) is 12.1 Å². The van der Waals surface area contributed by atoms with Gasteiger partial charge in [-0.1, -0.05) is 13.8 Å². The molecule has 3 amide bonds. The van der Waals surface area contributed by atoms with E-state index in [0.29, 0.717) is 42.0 Å². The van der Waals surface area contributed by atoms with Gasteiger partial charge in [-0.3, -0.25) is 14.4 Å². The van der Waals surface area contributed by atoms with Gasteiger partial charge in [0, 0.05) is 29.2 Å². The van der Waals surface area contributed by atoms with Crippen LogP contribution in [0.15, 0.2) is 48.7 Å². The Morgan fingerprint density at radius 2 is 1.54 bits per heavy atom. The lowest BCUT2D eigenvalue weighted by molar-refractivity contribution is -0.139. The number of rotatable bonds is 18. The molecule has 0 aliphatic heterocycles. The first kappa shape index (κ1) is 40.1. The number of fused-ring (bicyclic) bond motifs is 1. The lowest BCUT2D eigenvalue weighted by Crippen LogP contribution is -2.50. The zero-order valence-electron chi connectivity index (χ0n) is 29.9. The predicted octanol–water partition coefficient (Wildman–Crippen LogP) is 1.79. The number of nitrogens with two attached hydrogens (primary N) is 3. The maximum atomic E-state index is 12.9. The number of nitrogens with one attached hydrogen (secondary N) is 5. The minimum Gasteiger partial charge on any atom is -0.480 e. The topological polar surface area (TPSA) is 316 Å². The fraction of sp³-hybridized carbons (Fsp3) is 0.343. The molecule has 4 aromatic rings. The molecule has 0 aliphatic rings. The quantitative estimate of drug-likeness (QED) is 0.0649. The highest BCUT2D eigenvalue weighted by atomic mass is 16.4. The molecular weight excluding hydrogens is 700 g/mol. The number of hydrogen-bond acceptors (Lipinski definition) is 14. The Labute approximate surface area is 309 Å². The molecule has 0 spiro atoms. The summed E-state index contributed by atoms with van der Waals surface area (Å²) in [7, 11) is 0. The number of carbonyl (C=O) groups is 5. The molecule has 54 heavy (non-hydrogen) atoms. The fourth-order valence-corrected chi connectivity index (χ4v) is 5.08. The van der Waals surface area contributed by atoms with Crippen LogP contribution in [0, 0.1) is 5.92 Å². The van der Waals surface area contributed by atoms with E-state index in [0.717, 1.165) is 0 Å². The van der Waals surface area contributed by atoms with Crippen molar-refractivity contribution in [2.24, 2.45) is 11.7 Å². The van der Waals surface area contributed by atoms with Crippen LogP contribution in [0.2, 0.25) is 0 Å². The molecule has 13 N–H and O–H groups in total. The standard InChI is InChI=1S/C35H44N12O7/c1-17(2)26(36)32(50)42-18(3)30(48)44-21-11-12-24(23(14-21)33(51)52)39-13-5-4-6-25(34(53)54)45-31(49)19-7-9-20(10-8-19)40-15-22-16-41-29-27(43-22)28(37)46-35(38)47-29/h7-12,14,16-18,25-26,39-40H,4-6,13,15,36H2,1-3H3,(H,42,50)(H,44,48)(H,45,49)(H,51,52)(H,53,54)(H4,37,38,41,46,47)/t18-,25-,26-/m0/s1. The van der Waals surface area contributed by atoms with Crippen molar-refractivity contribution in [3.63, 3.8) is 0 Å². The predicted molar refractivity (Wildman–Crippen MR) is 201 cm³/mol. The van der Waals surface area contributed by atoms with Gasteiger partial charge in [0.15, 0.2) is 17.0 Å². The summed E-state index contributed by atoms with van der Waals surface area (Å²) in [5.74, 6) is -4.02. The van der Waals surface area contributed by atoms with Crippen molar-refractivity contribution in [1.82, 2.24) is 30.6 Å². The minimum absolute atomic E-state index is 0.000971. The van der Waals surface area contributed by atoms with Crippen molar-refractivity contribution in [2.75, 3.05) is 34.0 Å². The van der Waals surface area contributed by atoms with Gasteiger partial charge in [-0.25, -0.2) is 19.6 Å². The zero-order valence-corrected chi connectivity index (χ0v) is 29.9. The first-order valence-electron chi connectivity index (χ1n) is 17.0. The molecule has 0 radical (unpaired) electrons. The summed E-state index contributed by atoms with van der Waals surface area (Å²) in [4.78, 5) is 78.1. The molecule has 2 aromatic heterocycles. The van der Waals surface area contributed by atoms with E-state index in [9.17, 15) is 34.2 Å². The lowest BCUT2D eigenvalue weighted by Gasteiger charge is -2.19. The third-order valence-corrected chi connectivity index (χ3v) is 8.25. The number of unbranched alkanes of at least 4 members (excludes halogenated alkanes) is 1. The summed E-state index contributed by atoms with van der Waals surface area (Å²) < 4.78 is 0. The Bertz CT molecular complexity index is 2010. The summed E-state index contributed by atoms with van der Waals surface area (Å²) in [5, 5.41) is 33.4. The van der Waals surface area contributed by atoms with Crippen LogP contribution in [0.3, 0.4) is 0 Å². The summed E-state index contributed by atoms with van der Waals surface area (Å²) in [6.07, 6.45) is 2.52. The number of hydrogen-bond donors (Lipinski definition) is 10. The number of aromatic carboxylic acids is 1. The number of amides is 3. The fourth-order valence-electron chi connectivity index (χ4n) is 5.08. The van der Waals surface area contributed by atoms with Gasteiger partial charge in [-0.2, -0.15) is 9.97 Å². The third-order valence-electron chi connectivity index (χ3n) is 8.25. The van der Waals surface area contributed by atoms with Crippen LogP contribution in [0.25, 0.3) is 11.2 Å². The highest BCUT2D eigenvalue weighted by Gasteiger charge is 2.23. The van der Waals surface area contributed by atoms with Gasteiger partial charge in [0.2, 0.25) is 17.8 Å². The van der Waals surface area contributed by atoms with Gasteiger partial charge < -0.3 is 54.0 Å². The average molecular weight is 745 g/mol. The summed E-state index contributed by atoms with van der Waals surface area (Å²) in [5.41, 5.74) is 19.8. The van der Waals surface area contributed by atoms with Crippen LogP contribution >= 0.6 is 0 Å². The second-order valence-electron chi connectivity index (χ2n) is 12.8. The Morgan fingerprint density at radius 1 is 0.833 bits per heavy atom. The lowest BCUT2D eigenvalue weighted by atomic mass is 10.0. The zero-order chi connectivity index (χ0) is 39.5. The molecule has 0 bridgehead atoms. The van der Waals surface area contributed by atoms with E-state index in [2.05, 4.69) is 46.5 Å². The van der Waals surface area contributed by atoms with Crippen molar-refractivity contribution < 1.29 is 34.2 Å². The molecule has 0 fully saturated rings. The molecule has 0 saturated heterocycles. The normalized spacial score (nSPS) is 12.7. The number of aromatic nitrogens is 4. The number of benzene rings is 2. The minimum atomic E-state index is -1.23. The van der Waals surface area contributed by atoms with Crippen LogP contribution in [-0.2, 0) is 20.9 Å². The molecule has 0 aliphatic carbocycles. The summed E-state index contributed by atoms with van der Waals surface area (Å²) in [6.45, 7) is 5.64. The molecule has 4 rings (SSSR count). The second kappa shape index (κ2) is 18.2. The van der Waals surface area contributed by atoms with Gasteiger partial charge in [-0.15, -0.1) is 0 Å². The first-order chi connectivity index (χ1) is 25.6. The molecule has 19 nitrogen and oxygen atoms in total. The third kappa shape index (κ3) is 10.9. The number of carbonyl (C=O) groups excluding carboxylic acids is 3. The summed E-state index contributed by atoms with van der Waals surface area (Å²) in [6, 6.07) is 7.90. The van der Waals surface area contributed by atoms with Gasteiger partial charge in [-0.05, 0) is 74.6 Å². The number of anilines is 5. The molecule has 2 aromatic carbocycles. The van der Waals surface area contributed by atoms with Crippen LogP contribution < -0.4 is 43.8 Å². The van der Waals surface area contributed by atoms with Crippen molar-refractivity contribution in [1.29, 1.82) is 0 Å². The van der Waals surface area contributed by atoms with E-state index >= 15 is 0 Å². The van der Waals surface area contributed by atoms with Crippen LogP contribution in [0.5, 0.6) is 0 Å². The molecule has 2 heterocycles. The smallest absolute Gasteiger partial charge is 0.337 e. The van der Waals surface area contributed by atoms with E-state index in [4.69, 9.17) is 17.2 Å². The Kier molecular flexibility index (Phi) is 13.5. The van der Waals surface area contributed by atoms with Crippen molar-refractivity contribution in [3.8, 4) is 0 Å². The van der Waals surface area contributed by atoms with E-state index in [1.165, 1.54) is 31.3 Å². The maximum Gasteiger partial charge on any atom is 0.337 e. The molecule has 286 valence electrons. The van der Waals surface area contributed by atoms with Crippen molar-refractivity contribution >= 4 is 69.7 Å². The number of carboxylic acid groups (broad SMARTS) is 2. The summed E-state index contributed by atoms with van der Waals surface area (Å²) >= 11 is 0. The molecule has 0 saturated carbocycles. The number of nitrogen functional groups attached to an aromatic ring is 2. The van der Waals surface area contributed by atoms with Gasteiger partial charge in [0.25, 0.3) is 5.91 Å². The number of nitrogens with zero attached hydrogens (tertiary/aromatic N) is 4. The number of aliphatic carboxylic acids is 1. The van der Waals surface area contributed by atoms with E-state index in [-0.39, 0.29) is 53.1 Å². The highest BCUT2D eigenvalue weighted by Crippen LogP contribution is 2.22. The Morgan fingerprint density at radius 3 is 2.20 bits per heavy atom. The highest BCUT2D eigenvalue weighted by molar-refractivity contribution is 6.00. The van der Waals surface area contributed by atoms with E-state index in [1.54, 1.807) is 38.1 Å². The molecule has 0 unspecified atom stereocenters. The molecule has 19 heteroatoms. The van der Waals surface area contributed by atoms with Gasteiger partial charge >= 0.3 is 11.9 Å². The number of carboxylic acids is 2. The van der Waals surface area contributed by atoms with Crippen molar-refractivity contribution in [2.45, 2.75) is 64.7 Å². The first-order valence-corrected chi connectivity index (χ1v) is 17.0. The van der Waals surface area contributed by atoms with E-state index in [1.807, 2.05) is 0 Å². The monoisotopic (exact) mass is 744 g/mol. The largest absolute Gasteiger partial charge is 0.480 e. The Hall–Kier alpha value is -6.63. The molecular formula is C35H44N12O7. The van der Waals surface area contributed by atoms with Crippen LogP contribution in [0.1, 0.15) is 66.4 Å². The van der Waals surface area contributed by atoms with Crippen LogP contribution in [-0.4, -0.2) is 84.5 Å². The van der Waals surface area contributed by atoms with E-state index < -0.39 is 47.8 Å². The maximum absolute atomic E-state index is 12.9. The van der Waals surface area contributed by atoms with Crippen LogP contribution in [0.4, 0.5) is 28.8 Å². The molecule has 3 atom stereocenters. The van der Waals surface area contributed by atoms with Crippen molar-refractivity contribution in [3.05, 3.63) is 65.5 Å². The SMILES string of the molecule is CC(C)[C@H](N)C(=O)N[C@@H](C)C(=O)Nc1ccc(NCCCC[C@H](NC(=O)c2ccc(NCc3cnc4nc(N)nc(N)c4n3)cc2)C(=O)O)c(C(=O)O)c1.